The zero-order valence-electron chi connectivity index (χ0n) is 21.6. The second kappa shape index (κ2) is 17.5. The molecular weight excluding hydrogens is 504 g/mol. The molecule has 0 spiro atoms. The highest BCUT2D eigenvalue weighted by molar-refractivity contribution is 5.94. The molecule has 0 saturated heterocycles. The first-order valence-corrected chi connectivity index (χ1v) is 12.1. The molecule has 4 amide bonds. The van der Waals surface area contributed by atoms with Gasteiger partial charge in [0.15, 0.2) is 5.96 Å². The summed E-state index contributed by atoms with van der Waals surface area (Å²) in [5, 5.41) is 25.5. The number of carbonyl (C=O) groups is 6. The topological polar surface area (TPSA) is 295 Å². The average molecular weight is 545 g/mol. The van der Waals surface area contributed by atoms with E-state index in [1.54, 1.807) is 13.8 Å². The molecule has 0 aromatic heterocycles. The van der Waals surface area contributed by atoms with Crippen molar-refractivity contribution in [2.75, 3.05) is 6.54 Å². The van der Waals surface area contributed by atoms with Crippen molar-refractivity contribution in [3.05, 3.63) is 0 Å². The first-order valence-electron chi connectivity index (χ1n) is 12.1. The second-order valence-corrected chi connectivity index (χ2v) is 9.14. The van der Waals surface area contributed by atoms with Gasteiger partial charge in [-0.25, -0.2) is 4.79 Å². The number of carbonyl (C=O) groups excluding carboxylic acids is 4. The van der Waals surface area contributed by atoms with Gasteiger partial charge in [-0.3, -0.25) is 29.0 Å². The molecule has 0 aromatic carbocycles. The van der Waals surface area contributed by atoms with Gasteiger partial charge in [0.05, 0.1) is 6.04 Å². The number of rotatable bonds is 19. The Hall–Kier alpha value is -3.95. The monoisotopic (exact) mass is 544 g/mol. The SMILES string of the molecule is CC(C)CC(NC(=O)C(N)CCCN=C(N)N)C(=O)NC(CCC(=O)O)C(=O)NC(CCC(N)=O)C(=O)O. The molecule has 0 saturated carbocycles. The van der Waals surface area contributed by atoms with Crippen molar-refractivity contribution in [2.24, 2.45) is 33.8 Å². The Labute approximate surface area is 220 Å². The summed E-state index contributed by atoms with van der Waals surface area (Å²) < 4.78 is 0. The number of nitrogens with zero attached hydrogens (tertiary/aromatic N) is 1. The van der Waals surface area contributed by atoms with Crippen LogP contribution >= 0.6 is 0 Å². The first kappa shape index (κ1) is 34.0. The quantitative estimate of drug-likeness (QED) is 0.0450. The predicted octanol–water partition coefficient (Wildman–Crippen LogP) is -2.92. The zero-order chi connectivity index (χ0) is 29.4. The number of carboxylic acid groups (broad SMARTS) is 2. The fraction of sp³-hybridized carbons (Fsp3) is 0.682. The summed E-state index contributed by atoms with van der Waals surface area (Å²) >= 11 is 0. The lowest BCUT2D eigenvalue weighted by Crippen LogP contribution is -2.57. The summed E-state index contributed by atoms with van der Waals surface area (Å²) in [5.41, 5.74) is 21.4. The molecule has 13 N–H and O–H groups in total. The number of aliphatic imine (C=N–C) groups is 1. The Balaban J connectivity index is 5.51. The highest BCUT2D eigenvalue weighted by Crippen LogP contribution is 2.09. The van der Waals surface area contributed by atoms with Crippen LogP contribution in [0, 0.1) is 5.92 Å². The van der Waals surface area contributed by atoms with Crippen LogP contribution in [0.2, 0.25) is 0 Å². The lowest BCUT2D eigenvalue weighted by Gasteiger charge is -2.26. The van der Waals surface area contributed by atoms with Crippen LogP contribution in [0.4, 0.5) is 0 Å². The third-order valence-electron chi connectivity index (χ3n) is 5.22. The highest BCUT2D eigenvalue weighted by Gasteiger charge is 2.31. The summed E-state index contributed by atoms with van der Waals surface area (Å²) in [6.07, 6.45) is -0.695. The minimum atomic E-state index is -1.50. The maximum Gasteiger partial charge on any atom is 0.326 e. The molecule has 0 rings (SSSR count). The Bertz CT molecular complexity index is 875. The van der Waals surface area contributed by atoms with Crippen molar-refractivity contribution in [1.29, 1.82) is 0 Å². The molecule has 0 aliphatic rings. The van der Waals surface area contributed by atoms with E-state index in [1.165, 1.54) is 0 Å². The lowest BCUT2D eigenvalue weighted by atomic mass is 10.0. The van der Waals surface area contributed by atoms with Gasteiger partial charge in [-0.1, -0.05) is 13.8 Å². The van der Waals surface area contributed by atoms with E-state index in [1.807, 2.05) is 0 Å². The number of nitrogens with two attached hydrogens (primary N) is 4. The van der Waals surface area contributed by atoms with Gasteiger partial charge in [-0.05, 0) is 38.0 Å². The van der Waals surface area contributed by atoms with Crippen LogP contribution in [0.15, 0.2) is 4.99 Å². The molecule has 38 heavy (non-hydrogen) atoms. The van der Waals surface area contributed by atoms with Gasteiger partial charge >= 0.3 is 11.9 Å². The number of carboxylic acids is 2. The van der Waals surface area contributed by atoms with E-state index in [0.29, 0.717) is 6.42 Å². The van der Waals surface area contributed by atoms with E-state index >= 15 is 0 Å². The van der Waals surface area contributed by atoms with Crippen LogP contribution in [-0.2, 0) is 28.8 Å². The maximum atomic E-state index is 13.0. The number of hydrogen-bond acceptors (Lipinski definition) is 8. The number of nitrogens with one attached hydrogen (secondary N) is 3. The van der Waals surface area contributed by atoms with Crippen LogP contribution in [0.3, 0.4) is 0 Å². The van der Waals surface area contributed by atoms with Gasteiger partial charge < -0.3 is 49.1 Å². The Morgan fingerprint density at radius 3 is 1.79 bits per heavy atom. The normalized spacial score (nSPS) is 13.9. The minimum Gasteiger partial charge on any atom is -0.481 e. The van der Waals surface area contributed by atoms with Crippen molar-refractivity contribution in [2.45, 2.75) is 83.0 Å². The molecule has 0 aromatic rings. The first-order chi connectivity index (χ1) is 17.6. The Kier molecular flexibility index (Phi) is 15.7. The van der Waals surface area contributed by atoms with Gasteiger partial charge in [0.1, 0.15) is 18.1 Å². The van der Waals surface area contributed by atoms with Crippen LogP contribution < -0.4 is 38.9 Å². The van der Waals surface area contributed by atoms with Gasteiger partial charge in [0, 0.05) is 19.4 Å². The largest absolute Gasteiger partial charge is 0.481 e. The van der Waals surface area contributed by atoms with Gasteiger partial charge in [-0.2, -0.15) is 0 Å². The molecule has 216 valence electrons. The number of amides is 4. The zero-order valence-corrected chi connectivity index (χ0v) is 21.6. The third-order valence-corrected chi connectivity index (χ3v) is 5.22. The molecule has 0 fully saturated rings. The summed E-state index contributed by atoms with van der Waals surface area (Å²) in [7, 11) is 0. The van der Waals surface area contributed by atoms with E-state index in [4.69, 9.17) is 28.0 Å². The minimum absolute atomic E-state index is 0.0689. The smallest absolute Gasteiger partial charge is 0.326 e. The van der Waals surface area contributed by atoms with Gasteiger partial charge in [0.2, 0.25) is 23.6 Å². The number of hydrogen-bond donors (Lipinski definition) is 9. The molecule has 0 heterocycles. The molecule has 4 unspecified atom stereocenters. The molecule has 0 aliphatic heterocycles. The fourth-order valence-corrected chi connectivity index (χ4v) is 3.26. The third kappa shape index (κ3) is 15.2. The van der Waals surface area contributed by atoms with Crippen LogP contribution in [-0.4, -0.2) is 82.5 Å². The van der Waals surface area contributed by atoms with Crippen molar-refractivity contribution in [3.8, 4) is 0 Å². The highest BCUT2D eigenvalue weighted by atomic mass is 16.4. The van der Waals surface area contributed by atoms with Crippen molar-refractivity contribution >= 4 is 41.5 Å². The fourth-order valence-electron chi connectivity index (χ4n) is 3.26. The van der Waals surface area contributed by atoms with E-state index < -0.39 is 66.2 Å². The average Bonchev–Trinajstić information content (AvgIpc) is 2.80. The van der Waals surface area contributed by atoms with E-state index in [2.05, 4.69) is 20.9 Å². The number of primary amides is 1. The predicted molar refractivity (Wildman–Crippen MR) is 136 cm³/mol. The molecule has 4 atom stereocenters. The van der Waals surface area contributed by atoms with Crippen LogP contribution in [0.5, 0.6) is 0 Å². The summed E-state index contributed by atoms with van der Waals surface area (Å²) in [6, 6.07) is -5.02. The van der Waals surface area contributed by atoms with Crippen LogP contribution in [0.25, 0.3) is 0 Å². The summed E-state index contributed by atoms with van der Waals surface area (Å²) in [4.78, 5) is 75.8. The lowest BCUT2D eigenvalue weighted by molar-refractivity contribution is -0.143. The molecule has 0 bridgehead atoms. The molecular formula is C22H40N8O8. The number of aliphatic carboxylic acids is 2. The van der Waals surface area contributed by atoms with Crippen molar-refractivity contribution in [3.63, 3.8) is 0 Å². The number of guanidine groups is 1. The van der Waals surface area contributed by atoms with Crippen molar-refractivity contribution < 1.29 is 39.0 Å². The maximum absolute atomic E-state index is 13.0. The van der Waals surface area contributed by atoms with E-state index in [0.717, 1.165) is 0 Å². The van der Waals surface area contributed by atoms with Gasteiger partial charge in [-0.15, -0.1) is 0 Å². The summed E-state index contributed by atoms with van der Waals surface area (Å²) in [5.74, 6) is -6.01. The van der Waals surface area contributed by atoms with E-state index in [-0.39, 0.29) is 50.5 Å². The Morgan fingerprint density at radius 2 is 1.29 bits per heavy atom. The molecule has 0 aliphatic carbocycles. The molecule has 16 heteroatoms. The second-order valence-electron chi connectivity index (χ2n) is 9.14. The van der Waals surface area contributed by atoms with Crippen LogP contribution in [0.1, 0.15) is 58.8 Å². The standard InChI is InChI=1S/C22H40N8O8/c1-11(2)10-15(30-18(34)12(23)4-3-9-27-22(25)26)20(36)28-13(6-8-17(32)33)19(35)29-14(21(37)38)5-7-16(24)31/h11-15H,3-10,23H2,1-2H3,(H2,24,31)(H,28,36)(H,29,35)(H,30,34)(H,32,33)(H,37,38)(H4,25,26,27). The summed E-state index contributed by atoms with van der Waals surface area (Å²) in [6.45, 7) is 3.86. The van der Waals surface area contributed by atoms with Crippen molar-refractivity contribution in [1.82, 2.24) is 16.0 Å². The van der Waals surface area contributed by atoms with E-state index in [9.17, 15) is 33.9 Å². The Morgan fingerprint density at radius 1 is 0.763 bits per heavy atom. The van der Waals surface area contributed by atoms with Gasteiger partial charge in [0.25, 0.3) is 0 Å². The molecule has 0 radical (unpaired) electrons. The molecule has 16 nitrogen and oxygen atoms in total.